The van der Waals surface area contributed by atoms with Gasteiger partial charge in [0.05, 0.1) is 5.56 Å². The molecule has 0 saturated heterocycles. The number of halogens is 1. The fourth-order valence-corrected chi connectivity index (χ4v) is 2.43. The van der Waals surface area contributed by atoms with Crippen molar-refractivity contribution < 1.29 is 9.90 Å². The minimum Gasteiger partial charge on any atom is -0.507 e. The first-order valence-electron chi connectivity index (χ1n) is 6.52. The van der Waals surface area contributed by atoms with Crippen LogP contribution in [-0.4, -0.2) is 42.5 Å². The highest BCUT2D eigenvalue weighted by molar-refractivity contribution is 9.10. The fraction of sp³-hybridized carbons (Fsp3) is 0.500. The topological polar surface area (TPSA) is 52.6 Å². The lowest BCUT2D eigenvalue weighted by Gasteiger charge is -2.18. The second-order valence-electron chi connectivity index (χ2n) is 4.32. The number of phenols is 1. The second-order valence-corrected chi connectivity index (χ2v) is 5.24. The standard InChI is InChI=1S/C14H21BrN2O2/c1-3-17(4-2)6-5-16-9-11-7-13(15)8-12(10-18)14(11)19/h7-8,10,16,19H,3-6,9H2,1-2H3. The molecule has 5 heteroatoms. The summed E-state index contributed by atoms with van der Waals surface area (Å²) in [4.78, 5) is 13.1. The zero-order chi connectivity index (χ0) is 14.3. The molecule has 0 aliphatic heterocycles. The van der Waals surface area contributed by atoms with Gasteiger partial charge in [-0.2, -0.15) is 0 Å². The molecule has 0 spiro atoms. The molecule has 1 rings (SSSR count). The Hall–Kier alpha value is -0.910. The molecule has 0 bridgehead atoms. The quantitative estimate of drug-likeness (QED) is 0.568. The van der Waals surface area contributed by atoms with Crippen LogP contribution in [0, 0.1) is 0 Å². The van der Waals surface area contributed by atoms with Crippen LogP contribution in [0.25, 0.3) is 0 Å². The SMILES string of the molecule is CCN(CC)CCNCc1cc(Br)cc(C=O)c1O. The van der Waals surface area contributed by atoms with Gasteiger partial charge in [-0.3, -0.25) is 4.79 Å². The molecule has 0 heterocycles. The molecule has 1 aromatic rings. The third-order valence-electron chi connectivity index (χ3n) is 3.12. The van der Waals surface area contributed by atoms with Crippen LogP contribution in [0.4, 0.5) is 0 Å². The monoisotopic (exact) mass is 328 g/mol. The van der Waals surface area contributed by atoms with E-state index in [1.165, 1.54) is 0 Å². The first kappa shape index (κ1) is 16.1. The van der Waals surface area contributed by atoms with Crippen molar-refractivity contribution in [3.8, 4) is 5.75 Å². The van der Waals surface area contributed by atoms with Crippen molar-refractivity contribution in [3.63, 3.8) is 0 Å². The molecular formula is C14H21BrN2O2. The fourth-order valence-electron chi connectivity index (χ4n) is 1.90. The lowest BCUT2D eigenvalue weighted by Crippen LogP contribution is -2.31. The summed E-state index contributed by atoms with van der Waals surface area (Å²) in [5, 5.41) is 13.2. The highest BCUT2D eigenvalue weighted by atomic mass is 79.9. The van der Waals surface area contributed by atoms with Crippen molar-refractivity contribution in [1.82, 2.24) is 10.2 Å². The van der Waals surface area contributed by atoms with Crippen molar-refractivity contribution in [2.24, 2.45) is 0 Å². The number of hydrogen-bond acceptors (Lipinski definition) is 4. The predicted molar refractivity (Wildman–Crippen MR) is 80.7 cm³/mol. The molecule has 106 valence electrons. The Morgan fingerprint density at radius 2 is 2.05 bits per heavy atom. The van der Waals surface area contributed by atoms with Crippen LogP contribution in [0.5, 0.6) is 5.75 Å². The zero-order valence-electron chi connectivity index (χ0n) is 11.4. The molecule has 0 aromatic heterocycles. The number of benzene rings is 1. The molecule has 0 unspecified atom stereocenters. The van der Waals surface area contributed by atoms with E-state index in [9.17, 15) is 9.90 Å². The Balaban J connectivity index is 2.54. The van der Waals surface area contributed by atoms with Crippen molar-refractivity contribution in [1.29, 1.82) is 0 Å². The highest BCUT2D eigenvalue weighted by Crippen LogP contribution is 2.26. The minimum atomic E-state index is 0.0635. The van der Waals surface area contributed by atoms with Gasteiger partial charge in [0.15, 0.2) is 6.29 Å². The molecular weight excluding hydrogens is 308 g/mol. The van der Waals surface area contributed by atoms with Crippen LogP contribution in [0.2, 0.25) is 0 Å². The van der Waals surface area contributed by atoms with Crippen molar-refractivity contribution in [2.45, 2.75) is 20.4 Å². The summed E-state index contributed by atoms with van der Waals surface area (Å²) in [5.41, 5.74) is 1.05. The van der Waals surface area contributed by atoms with Gasteiger partial charge in [0, 0.05) is 29.7 Å². The van der Waals surface area contributed by atoms with Crippen LogP contribution < -0.4 is 5.32 Å². The average Bonchev–Trinajstić information content (AvgIpc) is 2.42. The number of aldehydes is 1. The Morgan fingerprint density at radius 3 is 2.63 bits per heavy atom. The van der Waals surface area contributed by atoms with E-state index in [1.807, 2.05) is 6.07 Å². The van der Waals surface area contributed by atoms with E-state index in [-0.39, 0.29) is 5.75 Å². The van der Waals surface area contributed by atoms with Gasteiger partial charge >= 0.3 is 0 Å². The first-order valence-corrected chi connectivity index (χ1v) is 7.31. The number of nitrogens with one attached hydrogen (secondary N) is 1. The summed E-state index contributed by atoms with van der Waals surface area (Å²) in [6.07, 6.45) is 0.666. The van der Waals surface area contributed by atoms with Gasteiger partial charge in [0.1, 0.15) is 5.75 Å². The molecule has 1 aromatic carbocycles. The number of likely N-dealkylation sites (N-methyl/N-ethyl adjacent to an activating group) is 1. The largest absolute Gasteiger partial charge is 0.507 e. The Kier molecular flexibility index (Phi) is 7.05. The summed E-state index contributed by atoms with van der Waals surface area (Å²) < 4.78 is 0.799. The number of nitrogens with zero attached hydrogens (tertiary/aromatic N) is 1. The molecule has 0 atom stereocenters. The van der Waals surface area contributed by atoms with Gasteiger partial charge in [0.2, 0.25) is 0 Å². The van der Waals surface area contributed by atoms with E-state index >= 15 is 0 Å². The Labute approximate surface area is 122 Å². The van der Waals surface area contributed by atoms with Gasteiger partial charge in [-0.15, -0.1) is 0 Å². The molecule has 0 saturated carbocycles. The summed E-state index contributed by atoms with van der Waals surface area (Å²) in [5.74, 6) is 0.0635. The Bertz CT molecular complexity index is 420. The van der Waals surface area contributed by atoms with E-state index in [0.717, 1.165) is 36.2 Å². The Morgan fingerprint density at radius 1 is 1.37 bits per heavy atom. The molecule has 0 radical (unpaired) electrons. The van der Waals surface area contributed by atoms with Gasteiger partial charge in [-0.05, 0) is 25.2 Å². The maximum absolute atomic E-state index is 10.8. The van der Waals surface area contributed by atoms with Crippen LogP contribution in [0.15, 0.2) is 16.6 Å². The van der Waals surface area contributed by atoms with Gasteiger partial charge in [-0.25, -0.2) is 0 Å². The molecule has 2 N–H and O–H groups in total. The third kappa shape index (κ3) is 4.93. The normalized spacial score (nSPS) is 10.9. The average molecular weight is 329 g/mol. The van der Waals surface area contributed by atoms with Crippen LogP contribution in [0.3, 0.4) is 0 Å². The molecule has 0 fully saturated rings. The van der Waals surface area contributed by atoms with Crippen molar-refractivity contribution in [2.75, 3.05) is 26.2 Å². The number of aromatic hydroxyl groups is 1. The van der Waals surface area contributed by atoms with E-state index in [1.54, 1.807) is 6.07 Å². The third-order valence-corrected chi connectivity index (χ3v) is 3.58. The van der Waals surface area contributed by atoms with Crippen LogP contribution in [0.1, 0.15) is 29.8 Å². The van der Waals surface area contributed by atoms with Crippen LogP contribution >= 0.6 is 15.9 Å². The van der Waals surface area contributed by atoms with Gasteiger partial charge in [-0.1, -0.05) is 29.8 Å². The summed E-state index contributed by atoms with van der Waals surface area (Å²) in [6.45, 7) is 8.73. The van der Waals surface area contributed by atoms with E-state index in [4.69, 9.17) is 0 Å². The molecule has 0 aliphatic rings. The van der Waals surface area contributed by atoms with Gasteiger partial charge in [0.25, 0.3) is 0 Å². The lowest BCUT2D eigenvalue weighted by atomic mass is 10.1. The summed E-state index contributed by atoms with van der Waals surface area (Å²) in [6, 6.07) is 3.44. The minimum absolute atomic E-state index is 0.0635. The number of rotatable bonds is 8. The molecule has 19 heavy (non-hydrogen) atoms. The van der Waals surface area contributed by atoms with E-state index in [0.29, 0.717) is 18.4 Å². The molecule has 0 amide bonds. The second kappa shape index (κ2) is 8.30. The smallest absolute Gasteiger partial charge is 0.153 e. The summed E-state index contributed by atoms with van der Waals surface area (Å²) >= 11 is 3.34. The summed E-state index contributed by atoms with van der Waals surface area (Å²) in [7, 11) is 0. The molecule has 4 nitrogen and oxygen atoms in total. The van der Waals surface area contributed by atoms with Crippen LogP contribution in [-0.2, 0) is 6.54 Å². The van der Waals surface area contributed by atoms with Crippen molar-refractivity contribution in [3.05, 3.63) is 27.7 Å². The number of carbonyl (C=O) groups is 1. The number of phenolic OH excluding ortho intramolecular Hbond substituents is 1. The maximum atomic E-state index is 10.8. The van der Waals surface area contributed by atoms with Crippen molar-refractivity contribution >= 4 is 22.2 Å². The van der Waals surface area contributed by atoms with E-state index in [2.05, 4.69) is 40.0 Å². The molecule has 0 aliphatic carbocycles. The maximum Gasteiger partial charge on any atom is 0.153 e. The van der Waals surface area contributed by atoms with Gasteiger partial charge < -0.3 is 15.3 Å². The first-order chi connectivity index (χ1) is 9.12. The number of hydrogen-bond donors (Lipinski definition) is 2. The predicted octanol–water partition coefficient (Wildman–Crippen LogP) is 2.40. The zero-order valence-corrected chi connectivity index (χ0v) is 13.0. The lowest BCUT2D eigenvalue weighted by molar-refractivity contribution is 0.112. The van der Waals surface area contributed by atoms with E-state index < -0.39 is 0 Å². The number of carbonyl (C=O) groups excluding carboxylic acids is 1. The highest BCUT2D eigenvalue weighted by Gasteiger charge is 2.08.